The second-order valence-corrected chi connectivity index (χ2v) is 4.07. The van der Waals surface area contributed by atoms with Crippen LogP contribution < -0.4 is 10.7 Å². The first-order valence-electron chi connectivity index (χ1n) is 5.15. The monoisotopic (exact) mass is 289 g/mol. The van der Waals surface area contributed by atoms with Crippen LogP contribution in [0.15, 0.2) is 23.3 Å². The summed E-state index contributed by atoms with van der Waals surface area (Å²) in [6.07, 6.45) is 1.28. The third kappa shape index (κ3) is 4.95. The molecule has 4 nitrogen and oxygen atoms in total. The SMILES string of the molecule is COCCNC(=S)N/N=C\c1c(F)cccc1Cl. The maximum absolute atomic E-state index is 13.4. The molecule has 2 N–H and O–H groups in total. The van der Waals surface area contributed by atoms with Gasteiger partial charge in [-0.25, -0.2) is 4.39 Å². The van der Waals surface area contributed by atoms with Crippen molar-refractivity contribution in [3.8, 4) is 0 Å². The molecule has 0 amide bonds. The zero-order valence-corrected chi connectivity index (χ0v) is 11.3. The Kier molecular flexibility index (Phi) is 6.56. The molecule has 0 atom stereocenters. The second kappa shape index (κ2) is 7.97. The molecule has 0 bridgehead atoms. The smallest absolute Gasteiger partial charge is 0.187 e. The average Bonchev–Trinajstić information content (AvgIpc) is 2.33. The summed E-state index contributed by atoms with van der Waals surface area (Å²) in [5.74, 6) is -0.439. The highest BCUT2D eigenvalue weighted by Gasteiger charge is 2.03. The Labute approximate surface area is 115 Å². The minimum Gasteiger partial charge on any atom is -0.383 e. The van der Waals surface area contributed by atoms with Crippen molar-refractivity contribution in [2.45, 2.75) is 0 Å². The Morgan fingerprint density at radius 2 is 2.39 bits per heavy atom. The van der Waals surface area contributed by atoms with Crippen molar-refractivity contribution in [1.29, 1.82) is 0 Å². The van der Waals surface area contributed by atoms with Crippen LogP contribution in [0.5, 0.6) is 0 Å². The van der Waals surface area contributed by atoms with E-state index >= 15 is 0 Å². The average molecular weight is 290 g/mol. The topological polar surface area (TPSA) is 45.6 Å². The van der Waals surface area contributed by atoms with Crippen molar-refractivity contribution in [3.63, 3.8) is 0 Å². The van der Waals surface area contributed by atoms with Gasteiger partial charge in [0, 0.05) is 19.2 Å². The first kappa shape index (κ1) is 14.8. The molecular weight excluding hydrogens is 277 g/mol. The largest absolute Gasteiger partial charge is 0.383 e. The molecule has 98 valence electrons. The van der Waals surface area contributed by atoms with Crippen LogP contribution in [0.4, 0.5) is 4.39 Å². The molecule has 0 saturated carbocycles. The van der Waals surface area contributed by atoms with Crippen molar-refractivity contribution in [2.24, 2.45) is 5.10 Å². The first-order valence-corrected chi connectivity index (χ1v) is 5.93. The highest BCUT2D eigenvalue weighted by molar-refractivity contribution is 7.80. The van der Waals surface area contributed by atoms with Crippen LogP contribution in [0.3, 0.4) is 0 Å². The van der Waals surface area contributed by atoms with E-state index in [1.807, 2.05) is 0 Å². The van der Waals surface area contributed by atoms with E-state index in [0.29, 0.717) is 23.3 Å². The zero-order valence-electron chi connectivity index (χ0n) is 9.74. The predicted octanol–water partition coefficient (Wildman–Crippen LogP) is 1.92. The van der Waals surface area contributed by atoms with Crippen molar-refractivity contribution in [2.75, 3.05) is 20.3 Å². The summed E-state index contributed by atoms with van der Waals surface area (Å²) < 4.78 is 18.2. The number of halogens is 2. The second-order valence-electron chi connectivity index (χ2n) is 3.25. The molecule has 7 heteroatoms. The summed E-state index contributed by atoms with van der Waals surface area (Å²) >= 11 is 10.8. The van der Waals surface area contributed by atoms with Gasteiger partial charge >= 0.3 is 0 Å². The number of benzene rings is 1. The van der Waals surface area contributed by atoms with Crippen molar-refractivity contribution in [3.05, 3.63) is 34.6 Å². The molecule has 0 heterocycles. The third-order valence-electron chi connectivity index (χ3n) is 1.95. The molecule has 0 fully saturated rings. The van der Waals surface area contributed by atoms with Gasteiger partial charge < -0.3 is 10.1 Å². The highest BCUT2D eigenvalue weighted by atomic mass is 35.5. The van der Waals surface area contributed by atoms with Crippen LogP contribution >= 0.6 is 23.8 Å². The molecule has 1 aromatic rings. The van der Waals surface area contributed by atoms with Gasteiger partial charge in [0.1, 0.15) is 5.82 Å². The lowest BCUT2D eigenvalue weighted by Gasteiger charge is -2.05. The highest BCUT2D eigenvalue weighted by Crippen LogP contribution is 2.16. The van der Waals surface area contributed by atoms with Crippen molar-refractivity contribution in [1.82, 2.24) is 10.7 Å². The van der Waals surface area contributed by atoms with E-state index in [1.54, 1.807) is 13.2 Å². The number of nitrogens with zero attached hydrogens (tertiary/aromatic N) is 1. The van der Waals surface area contributed by atoms with Crippen LogP contribution in [0.1, 0.15) is 5.56 Å². The minimum absolute atomic E-state index is 0.214. The predicted molar refractivity (Wildman–Crippen MR) is 74.6 cm³/mol. The molecule has 1 aromatic carbocycles. The van der Waals surface area contributed by atoms with E-state index in [9.17, 15) is 4.39 Å². The molecule has 0 aliphatic carbocycles. The molecule has 1 rings (SSSR count). The Morgan fingerprint density at radius 1 is 1.61 bits per heavy atom. The normalized spacial score (nSPS) is 10.6. The van der Waals surface area contributed by atoms with E-state index in [1.165, 1.54) is 18.3 Å². The standard InChI is InChI=1S/C11H13ClFN3OS/c1-17-6-5-14-11(18)16-15-7-8-9(12)3-2-4-10(8)13/h2-4,7H,5-6H2,1H3,(H2,14,16,18)/b15-7-. The number of hydrogen-bond donors (Lipinski definition) is 2. The number of methoxy groups -OCH3 is 1. The van der Waals surface area contributed by atoms with Gasteiger partial charge in [0.2, 0.25) is 0 Å². The molecule has 0 saturated heterocycles. The lowest BCUT2D eigenvalue weighted by atomic mass is 10.2. The Balaban J connectivity index is 2.47. The van der Waals surface area contributed by atoms with Gasteiger partial charge in [0.25, 0.3) is 0 Å². The van der Waals surface area contributed by atoms with Crippen LogP contribution in [0.2, 0.25) is 5.02 Å². The maximum atomic E-state index is 13.4. The van der Waals surface area contributed by atoms with Crippen molar-refractivity contribution < 1.29 is 9.13 Å². The summed E-state index contributed by atoms with van der Waals surface area (Å²) in [5, 5.41) is 7.27. The lowest BCUT2D eigenvalue weighted by molar-refractivity contribution is 0.204. The number of nitrogens with one attached hydrogen (secondary N) is 2. The lowest BCUT2D eigenvalue weighted by Crippen LogP contribution is -2.34. The summed E-state index contributed by atoms with van der Waals surface area (Å²) in [6, 6.07) is 4.42. The fourth-order valence-electron chi connectivity index (χ4n) is 1.10. The first-order chi connectivity index (χ1) is 8.65. The summed E-state index contributed by atoms with van der Waals surface area (Å²) in [7, 11) is 1.59. The van der Waals surface area contributed by atoms with Gasteiger partial charge in [-0.15, -0.1) is 0 Å². The van der Waals surface area contributed by atoms with E-state index in [2.05, 4.69) is 15.8 Å². The fraction of sp³-hybridized carbons (Fsp3) is 0.273. The zero-order chi connectivity index (χ0) is 13.4. The maximum Gasteiger partial charge on any atom is 0.187 e. The molecule has 0 aliphatic heterocycles. The molecule has 18 heavy (non-hydrogen) atoms. The van der Waals surface area contributed by atoms with E-state index in [0.717, 1.165) is 0 Å². The van der Waals surface area contributed by atoms with Crippen LogP contribution in [0.25, 0.3) is 0 Å². The van der Waals surface area contributed by atoms with Crippen LogP contribution in [0, 0.1) is 5.82 Å². The molecule has 0 aromatic heterocycles. The molecular formula is C11H13ClFN3OS. The fourth-order valence-corrected chi connectivity index (χ4v) is 1.46. The Bertz CT molecular complexity index is 422. The van der Waals surface area contributed by atoms with E-state index < -0.39 is 5.82 Å². The number of thiocarbonyl (C=S) groups is 1. The van der Waals surface area contributed by atoms with Gasteiger partial charge in [0.15, 0.2) is 5.11 Å². The van der Waals surface area contributed by atoms with Crippen LogP contribution in [-0.2, 0) is 4.74 Å². The van der Waals surface area contributed by atoms with Crippen molar-refractivity contribution >= 4 is 35.1 Å². The summed E-state index contributed by atoms with van der Waals surface area (Å²) in [5.41, 5.74) is 2.77. The van der Waals surface area contributed by atoms with E-state index in [4.69, 9.17) is 28.6 Å². The quantitative estimate of drug-likeness (QED) is 0.376. The van der Waals surface area contributed by atoms with Gasteiger partial charge in [-0.3, -0.25) is 5.43 Å². The summed E-state index contributed by atoms with van der Waals surface area (Å²) in [6.45, 7) is 1.10. The molecule has 0 spiro atoms. The van der Waals surface area contributed by atoms with Crippen LogP contribution in [-0.4, -0.2) is 31.6 Å². The van der Waals surface area contributed by atoms with Gasteiger partial charge in [-0.1, -0.05) is 17.7 Å². The minimum atomic E-state index is -0.439. The third-order valence-corrected chi connectivity index (χ3v) is 2.52. The Morgan fingerprint density at radius 3 is 3.06 bits per heavy atom. The van der Waals surface area contributed by atoms with E-state index in [-0.39, 0.29) is 5.56 Å². The number of hydrazone groups is 1. The molecule has 0 unspecified atom stereocenters. The summed E-state index contributed by atoms with van der Waals surface area (Å²) in [4.78, 5) is 0. The van der Waals surface area contributed by atoms with Gasteiger partial charge in [-0.05, 0) is 24.4 Å². The molecule has 0 aliphatic rings. The number of rotatable bonds is 5. The molecule has 0 radical (unpaired) electrons. The Hall–Kier alpha value is -1.24. The number of hydrogen-bond acceptors (Lipinski definition) is 3. The number of ether oxygens (including phenoxy) is 1. The van der Waals surface area contributed by atoms with Gasteiger partial charge in [-0.2, -0.15) is 5.10 Å². The van der Waals surface area contributed by atoms with Gasteiger partial charge in [0.05, 0.1) is 17.8 Å².